The molecule has 9 heteroatoms. The molecule has 0 unspecified atom stereocenters. The van der Waals surface area contributed by atoms with Crippen LogP contribution < -0.4 is 0 Å². The minimum absolute atomic E-state index is 0.122. The maximum absolute atomic E-state index is 13.4. The molecule has 0 bridgehead atoms. The van der Waals surface area contributed by atoms with Gasteiger partial charge in [-0.3, -0.25) is 9.59 Å². The van der Waals surface area contributed by atoms with E-state index in [0.717, 1.165) is 12.0 Å². The highest BCUT2D eigenvalue weighted by Gasteiger charge is 2.78. The molecule has 43 heavy (non-hydrogen) atoms. The highest BCUT2D eigenvalue weighted by atomic mass is 16.6. The Bertz CT molecular complexity index is 1380. The van der Waals surface area contributed by atoms with Gasteiger partial charge in [0.2, 0.25) is 0 Å². The van der Waals surface area contributed by atoms with Crippen LogP contribution in [0.15, 0.2) is 45.8 Å². The van der Waals surface area contributed by atoms with Crippen LogP contribution in [0.2, 0.25) is 0 Å². The molecule has 0 spiro atoms. The monoisotopic (exact) mass is 596 g/mol. The number of hydrogen-bond acceptors (Lipinski definition) is 9. The minimum atomic E-state index is -0.741. The number of fused-ring (bicyclic) bond motifs is 4. The summed E-state index contributed by atoms with van der Waals surface area (Å²) in [4.78, 5) is 39.0. The molecular weight excluding hydrogens is 552 g/mol. The van der Waals surface area contributed by atoms with Crippen LogP contribution in [-0.2, 0) is 38.1 Å². The number of carbonyl (C=O) groups is 3. The number of allylic oxidation sites excluding steroid dienone is 2. The van der Waals surface area contributed by atoms with Gasteiger partial charge in [-0.2, -0.15) is 0 Å². The summed E-state index contributed by atoms with van der Waals surface area (Å²) in [6, 6.07) is 2.00. The van der Waals surface area contributed by atoms with Gasteiger partial charge in [0.25, 0.3) is 0 Å². The van der Waals surface area contributed by atoms with Crippen molar-refractivity contribution in [2.75, 3.05) is 13.7 Å². The largest absolute Gasteiger partial charge is 0.472 e. The molecule has 0 aromatic carbocycles. The number of rotatable bonds is 6. The van der Waals surface area contributed by atoms with Crippen LogP contribution in [0.4, 0.5) is 0 Å². The van der Waals surface area contributed by atoms with Crippen LogP contribution in [0.3, 0.4) is 0 Å². The molecule has 1 aromatic heterocycles. The number of furan rings is 1. The predicted octanol–water partition coefficient (Wildman–Crippen LogP) is 5.29. The van der Waals surface area contributed by atoms with Crippen molar-refractivity contribution in [3.8, 4) is 0 Å². The first-order valence-electron chi connectivity index (χ1n) is 15.4. The topological polar surface area (TPSA) is 111 Å². The minimum Gasteiger partial charge on any atom is -0.472 e. The Morgan fingerprint density at radius 2 is 1.84 bits per heavy atom. The second kappa shape index (κ2) is 10.3. The SMILES string of the molecule is C/C=C(\C)C(=O)O[C@@H]1C[C@@H](OC(C)=O)[C@]2(C)CO[C@H]3[C@H]4O[C@@H]5C[C@@H](c6ccoc6)C(C)=C5[C@@]4(C)[C@@H](CC(=O)OC)[C@]1(C)[C@H]32. The third kappa shape index (κ3) is 4.13. The smallest absolute Gasteiger partial charge is 0.333 e. The lowest BCUT2D eigenvalue weighted by Gasteiger charge is -2.65. The highest BCUT2D eigenvalue weighted by molar-refractivity contribution is 5.87. The van der Waals surface area contributed by atoms with Crippen molar-refractivity contribution in [3.63, 3.8) is 0 Å². The molecule has 3 aliphatic carbocycles. The Hall–Kier alpha value is -2.91. The molecule has 3 heterocycles. The van der Waals surface area contributed by atoms with E-state index in [1.54, 1.807) is 32.4 Å². The molecular formula is C34H44O9. The van der Waals surface area contributed by atoms with Gasteiger partial charge in [-0.25, -0.2) is 4.79 Å². The third-order valence-electron chi connectivity index (χ3n) is 12.0. The lowest BCUT2D eigenvalue weighted by molar-refractivity contribution is -0.251. The first kappa shape index (κ1) is 30.1. The summed E-state index contributed by atoms with van der Waals surface area (Å²) in [5.41, 5.74) is 2.08. The standard InChI is InChI=1S/C34H44O9/c1-9-17(2)31(37)43-25-14-24(41-19(4)35)32(5)16-40-28-29(32)33(25,6)23(13-26(36)38-8)34(7)27-18(3)21(20-10-11-39-15-20)12-22(27)42-30(28)34/h9-11,15,21-25,28-30H,12-14,16H2,1-8H3/b17-9+/t21-,22-,23+,24-,25-,28-,29-,30-,32+,33+,34-/m1/s1. The Labute approximate surface area is 253 Å². The van der Waals surface area contributed by atoms with Gasteiger partial charge in [-0.05, 0) is 50.3 Å². The Morgan fingerprint density at radius 1 is 1.09 bits per heavy atom. The van der Waals surface area contributed by atoms with Gasteiger partial charge in [0.15, 0.2) is 0 Å². The Balaban J connectivity index is 1.55. The van der Waals surface area contributed by atoms with E-state index in [0.29, 0.717) is 18.6 Å². The van der Waals surface area contributed by atoms with E-state index in [9.17, 15) is 14.4 Å². The molecule has 2 saturated carbocycles. The maximum Gasteiger partial charge on any atom is 0.333 e. The van der Waals surface area contributed by atoms with E-state index in [2.05, 4.69) is 27.7 Å². The lowest BCUT2D eigenvalue weighted by Crippen LogP contribution is -2.71. The van der Waals surface area contributed by atoms with Crippen molar-refractivity contribution in [1.82, 2.24) is 0 Å². The van der Waals surface area contributed by atoms with Gasteiger partial charge in [0, 0.05) is 53.4 Å². The average Bonchev–Trinajstić information content (AvgIpc) is 3.73. The molecule has 0 radical (unpaired) electrons. The van der Waals surface area contributed by atoms with E-state index in [1.165, 1.54) is 25.2 Å². The van der Waals surface area contributed by atoms with Crippen LogP contribution in [0.1, 0.15) is 79.2 Å². The van der Waals surface area contributed by atoms with Crippen molar-refractivity contribution in [2.45, 2.75) is 104 Å². The number of methoxy groups -OCH3 is 1. The average molecular weight is 597 g/mol. The van der Waals surface area contributed by atoms with E-state index < -0.39 is 40.4 Å². The molecule has 2 aliphatic heterocycles. The summed E-state index contributed by atoms with van der Waals surface area (Å²) in [5, 5.41) is 0. The molecule has 9 nitrogen and oxygen atoms in total. The van der Waals surface area contributed by atoms with Gasteiger partial charge in [0.1, 0.15) is 12.2 Å². The van der Waals surface area contributed by atoms with E-state index in [4.69, 9.17) is 28.1 Å². The van der Waals surface area contributed by atoms with Crippen LogP contribution in [-0.4, -0.2) is 62.1 Å². The second-order valence-corrected chi connectivity index (χ2v) is 13.9. The summed E-state index contributed by atoms with van der Waals surface area (Å²) in [7, 11) is 1.41. The normalized spacial score (nSPS) is 43.1. The molecule has 5 aliphatic rings. The second-order valence-electron chi connectivity index (χ2n) is 13.9. The molecule has 1 aromatic rings. The van der Waals surface area contributed by atoms with Crippen molar-refractivity contribution < 1.29 is 42.5 Å². The molecule has 0 N–H and O–H groups in total. The fourth-order valence-corrected chi connectivity index (χ4v) is 10.0. The highest BCUT2D eigenvalue weighted by Crippen LogP contribution is 2.74. The van der Waals surface area contributed by atoms with E-state index in [-0.39, 0.29) is 48.5 Å². The molecule has 11 atom stereocenters. The van der Waals surface area contributed by atoms with Gasteiger partial charge in [-0.1, -0.05) is 32.4 Å². The molecule has 4 fully saturated rings. The van der Waals surface area contributed by atoms with E-state index in [1.807, 2.05) is 6.07 Å². The van der Waals surface area contributed by atoms with Crippen molar-refractivity contribution in [2.24, 2.45) is 28.1 Å². The fraction of sp³-hybridized carbons (Fsp3) is 0.676. The Morgan fingerprint density at radius 3 is 2.47 bits per heavy atom. The summed E-state index contributed by atoms with van der Waals surface area (Å²) in [6.07, 6.45) is 4.39. The number of esters is 3. The van der Waals surface area contributed by atoms with Crippen LogP contribution in [0, 0.1) is 28.1 Å². The van der Waals surface area contributed by atoms with Crippen LogP contribution in [0.5, 0.6) is 0 Å². The lowest BCUT2D eigenvalue weighted by atomic mass is 9.40. The van der Waals surface area contributed by atoms with Crippen LogP contribution >= 0.6 is 0 Å². The quantitative estimate of drug-likeness (QED) is 0.187. The van der Waals surface area contributed by atoms with E-state index >= 15 is 0 Å². The molecule has 2 saturated heterocycles. The zero-order valence-corrected chi connectivity index (χ0v) is 26.4. The Kier molecular flexibility index (Phi) is 7.24. The van der Waals surface area contributed by atoms with Crippen LogP contribution in [0.25, 0.3) is 0 Å². The molecule has 6 rings (SSSR count). The zero-order valence-electron chi connectivity index (χ0n) is 26.4. The number of hydrogen-bond donors (Lipinski definition) is 0. The van der Waals surface area contributed by atoms with Gasteiger partial charge >= 0.3 is 17.9 Å². The zero-order chi connectivity index (χ0) is 31.1. The summed E-state index contributed by atoms with van der Waals surface area (Å²) >= 11 is 0. The van der Waals surface area contributed by atoms with Gasteiger partial charge in [0.05, 0.1) is 44.6 Å². The summed E-state index contributed by atoms with van der Waals surface area (Å²) < 4.78 is 36.8. The van der Waals surface area contributed by atoms with Crippen molar-refractivity contribution in [3.05, 3.63) is 47.0 Å². The van der Waals surface area contributed by atoms with Gasteiger partial charge < -0.3 is 28.1 Å². The fourth-order valence-electron chi connectivity index (χ4n) is 10.0. The number of ether oxygens (including phenoxy) is 5. The van der Waals surface area contributed by atoms with Gasteiger partial charge in [-0.15, -0.1) is 0 Å². The van der Waals surface area contributed by atoms with Crippen molar-refractivity contribution in [1.29, 1.82) is 0 Å². The molecule has 0 amide bonds. The summed E-state index contributed by atoms with van der Waals surface area (Å²) in [5.74, 6) is -1.54. The molecule has 234 valence electrons. The maximum atomic E-state index is 13.4. The predicted molar refractivity (Wildman–Crippen MR) is 155 cm³/mol. The first-order chi connectivity index (χ1) is 20.3. The summed E-state index contributed by atoms with van der Waals surface area (Å²) in [6.45, 7) is 13.9. The third-order valence-corrected chi connectivity index (χ3v) is 12.0. The van der Waals surface area contributed by atoms with Crippen molar-refractivity contribution >= 4 is 17.9 Å². The first-order valence-corrected chi connectivity index (χ1v) is 15.4. The number of carbonyl (C=O) groups excluding carboxylic acids is 3.